The number of rotatable bonds is 5. The van der Waals surface area contributed by atoms with Gasteiger partial charge in [-0.05, 0) is 17.7 Å². The number of hydrogen-bond acceptors (Lipinski definition) is 5. The van der Waals surface area contributed by atoms with Crippen molar-refractivity contribution >= 4 is 11.5 Å². The van der Waals surface area contributed by atoms with Crippen LogP contribution in [0.5, 0.6) is 5.88 Å². The fraction of sp³-hybridized carbons (Fsp3) is 0.143. The van der Waals surface area contributed by atoms with Gasteiger partial charge in [-0.2, -0.15) is 0 Å². The average Bonchev–Trinajstić information content (AvgIpc) is 2.53. The van der Waals surface area contributed by atoms with Crippen molar-refractivity contribution in [1.82, 2.24) is 4.98 Å². The first kappa shape index (κ1) is 13.7. The summed E-state index contributed by atoms with van der Waals surface area (Å²) in [5, 5.41) is 14.9. The maximum atomic E-state index is 8.66. The van der Waals surface area contributed by atoms with Gasteiger partial charge in [-0.15, -0.1) is 0 Å². The van der Waals surface area contributed by atoms with Crippen LogP contribution in [0.2, 0.25) is 0 Å². The lowest BCUT2D eigenvalue weighted by atomic mass is 10.1. The number of aromatic nitrogens is 1. The predicted octanol–water partition coefficient (Wildman–Crippen LogP) is 1.80. The number of nitrogens with two attached hydrogens (primary N) is 1. The first-order valence-electron chi connectivity index (χ1n) is 6.03. The Morgan fingerprint density at radius 1 is 1.40 bits per heavy atom. The second-order valence-corrected chi connectivity index (χ2v) is 4.13. The molecule has 0 spiro atoms. The molecule has 0 unspecified atom stereocenters. The summed E-state index contributed by atoms with van der Waals surface area (Å²) in [5.41, 5.74) is 8.15. The number of anilines is 1. The number of ether oxygens (including phenoxy) is 1. The van der Waals surface area contributed by atoms with Gasteiger partial charge in [0.15, 0.2) is 5.84 Å². The summed E-state index contributed by atoms with van der Waals surface area (Å²) in [6, 6.07) is 11.1. The van der Waals surface area contributed by atoms with Crippen molar-refractivity contribution in [3.05, 3.63) is 53.7 Å². The Hall–Kier alpha value is -2.76. The van der Waals surface area contributed by atoms with Crippen molar-refractivity contribution in [2.24, 2.45) is 10.9 Å². The summed E-state index contributed by atoms with van der Waals surface area (Å²) in [5.74, 6) is 0.669. The van der Waals surface area contributed by atoms with Crippen LogP contribution in [0.25, 0.3) is 0 Å². The number of methoxy groups -OCH3 is 1. The van der Waals surface area contributed by atoms with Gasteiger partial charge in [0.2, 0.25) is 5.88 Å². The maximum Gasteiger partial charge on any atom is 0.213 e. The Labute approximate surface area is 116 Å². The van der Waals surface area contributed by atoms with Crippen LogP contribution in [0, 0.1) is 0 Å². The number of pyridine rings is 1. The Morgan fingerprint density at radius 2 is 2.25 bits per heavy atom. The zero-order chi connectivity index (χ0) is 14.4. The molecule has 4 N–H and O–H groups in total. The molecular weight excluding hydrogens is 256 g/mol. The van der Waals surface area contributed by atoms with E-state index in [9.17, 15) is 0 Å². The maximum absolute atomic E-state index is 8.66. The second-order valence-electron chi connectivity index (χ2n) is 4.13. The van der Waals surface area contributed by atoms with Crippen molar-refractivity contribution in [2.45, 2.75) is 6.54 Å². The van der Waals surface area contributed by atoms with Gasteiger partial charge in [-0.25, -0.2) is 4.98 Å². The van der Waals surface area contributed by atoms with Crippen LogP contribution >= 0.6 is 0 Å². The predicted molar refractivity (Wildman–Crippen MR) is 77.1 cm³/mol. The first-order chi connectivity index (χ1) is 9.72. The van der Waals surface area contributed by atoms with E-state index in [1.165, 1.54) is 0 Å². The van der Waals surface area contributed by atoms with Crippen molar-refractivity contribution in [3.8, 4) is 5.88 Å². The molecule has 20 heavy (non-hydrogen) atoms. The zero-order valence-electron chi connectivity index (χ0n) is 11.1. The van der Waals surface area contributed by atoms with Gasteiger partial charge in [-0.3, -0.25) is 0 Å². The van der Waals surface area contributed by atoms with E-state index >= 15 is 0 Å². The minimum atomic E-state index is 0.0953. The highest BCUT2D eigenvalue weighted by atomic mass is 16.5. The number of oxime groups is 1. The Morgan fingerprint density at radius 3 is 2.90 bits per heavy atom. The van der Waals surface area contributed by atoms with Gasteiger partial charge in [-0.1, -0.05) is 23.4 Å². The van der Waals surface area contributed by atoms with Gasteiger partial charge in [0, 0.05) is 18.2 Å². The number of hydrogen-bond donors (Lipinski definition) is 3. The van der Waals surface area contributed by atoms with Crippen LogP contribution in [-0.2, 0) is 6.54 Å². The molecule has 1 aromatic heterocycles. The topological polar surface area (TPSA) is 92.8 Å². The number of amidine groups is 1. The van der Waals surface area contributed by atoms with E-state index in [0.717, 1.165) is 11.3 Å². The van der Waals surface area contributed by atoms with Crippen LogP contribution in [0.4, 0.5) is 5.69 Å². The third kappa shape index (κ3) is 3.38. The molecule has 6 nitrogen and oxygen atoms in total. The largest absolute Gasteiger partial charge is 0.481 e. The van der Waals surface area contributed by atoms with Crippen molar-refractivity contribution in [2.75, 3.05) is 12.4 Å². The van der Waals surface area contributed by atoms with E-state index in [2.05, 4.69) is 15.5 Å². The van der Waals surface area contributed by atoms with Gasteiger partial charge >= 0.3 is 0 Å². The molecule has 1 heterocycles. The summed E-state index contributed by atoms with van der Waals surface area (Å²) < 4.78 is 5.00. The van der Waals surface area contributed by atoms with E-state index in [4.69, 9.17) is 15.7 Å². The molecule has 2 aromatic rings. The molecule has 0 radical (unpaired) electrons. The van der Waals surface area contributed by atoms with Crippen LogP contribution in [0.15, 0.2) is 47.8 Å². The molecule has 0 amide bonds. The van der Waals surface area contributed by atoms with Crippen LogP contribution < -0.4 is 15.8 Å². The number of nitrogens with one attached hydrogen (secondary N) is 1. The van der Waals surface area contributed by atoms with Gasteiger partial charge < -0.3 is 21.0 Å². The normalized spacial score (nSPS) is 11.2. The molecule has 1 aromatic carbocycles. The van der Waals surface area contributed by atoms with Crippen LogP contribution in [0.3, 0.4) is 0 Å². The SMILES string of the molecule is COc1ccc(NCc2cccc(C(N)=NO)c2)cn1. The summed E-state index contributed by atoms with van der Waals surface area (Å²) in [6.45, 7) is 0.612. The van der Waals surface area contributed by atoms with Crippen molar-refractivity contribution in [3.63, 3.8) is 0 Å². The van der Waals surface area contributed by atoms with Crippen LogP contribution in [0.1, 0.15) is 11.1 Å². The first-order valence-corrected chi connectivity index (χ1v) is 6.03. The van der Waals surface area contributed by atoms with Gasteiger partial charge in [0.1, 0.15) is 0 Å². The van der Waals surface area contributed by atoms with E-state index in [0.29, 0.717) is 18.0 Å². The third-order valence-corrected chi connectivity index (χ3v) is 2.77. The molecular formula is C14H16N4O2. The lowest BCUT2D eigenvalue weighted by molar-refractivity contribution is 0.318. The standard InChI is InChI=1S/C14H16N4O2/c1-20-13-6-5-12(9-17-13)16-8-10-3-2-4-11(7-10)14(15)18-19/h2-7,9,16,19H,8H2,1H3,(H2,15,18). The molecule has 0 bridgehead atoms. The minimum Gasteiger partial charge on any atom is -0.481 e. The van der Waals surface area contributed by atoms with Gasteiger partial charge in [0.25, 0.3) is 0 Å². The lowest BCUT2D eigenvalue weighted by Gasteiger charge is -2.08. The molecule has 0 atom stereocenters. The fourth-order valence-electron chi connectivity index (χ4n) is 1.71. The molecule has 0 fully saturated rings. The molecule has 0 saturated carbocycles. The van der Waals surface area contributed by atoms with E-state index in [1.807, 2.05) is 24.3 Å². The smallest absolute Gasteiger partial charge is 0.213 e. The Bertz CT molecular complexity index is 596. The highest BCUT2D eigenvalue weighted by Crippen LogP contribution is 2.13. The summed E-state index contributed by atoms with van der Waals surface area (Å²) in [7, 11) is 1.58. The van der Waals surface area contributed by atoms with Crippen molar-refractivity contribution < 1.29 is 9.94 Å². The van der Waals surface area contributed by atoms with Gasteiger partial charge in [0.05, 0.1) is 19.0 Å². The molecule has 0 saturated heterocycles. The fourth-order valence-corrected chi connectivity index (χ4v) is 1.71. The highest BCUT2D eigenvalue weighted by Gasteiger charge is 2.01. The lowest BCUT2D eigenvalue weighted by Crippen LogP contribution is -2.13. The monoisotopic (exact) mass is 272 g/mol. The van der Waals surface area contributed by atoms with E-state index < -0.39 is 0 Å². The minimum absolute atomic E-state index is 0.0953. The summed E-state index contributed by atoms with van der Waals surface area (Å²) in [6.07, 6.45) is 1.70. The van der Waals surface area contributed by atoms with Crippen molar-refractivity contribution in [1.29, 1.82) is 0 Å². The van der Waals surface area contributed by atoms with E-state index in [1.54, 1.807) is 25.4 Å². The summed E-state index contributed by atoms with van der Waals surface area (Å²) >= 11 is 0. The molecule has 2 rings (SSSR count). The molecule has 0 aliphatic carbocycles. The number of nitrogens with zero attached hydrogens (tertiary/aromatic N) is 2. The van der Waals surface area contributed by atoms with E-state index in [-0.39, 0.29) is 5.84 Å². The number of benzene rings is 1. The molecule has 104 valence electrons. The summed E-state index contributed by atoms with van der Waals surface area (Å²) in [4.78, 5) is 4.11. The third-order valence-electron chi connectivity index (χ3n) is 2.77. The molecule has 0 aliphatic rings. The highest BCUT2D eigenvalue weighted by molar-refractivity contribution is 5.97. The second kappa shape index (κ2) is 6.42. The zero-order valence-corrected chi connectivity index (χ0v) is 11.1. The molecule has 0 aliphatic heterocycles. The van der Waals surface area contributed by atoms with Crippen LogP contribution in [-0.4, -0.2) is 23.1 Å². The quantitative estimate of drug-likeness (QED) is 0.334. The molecule has 6 heteroatoms. The Kier molecular flexibility index (Phi) is 4.39. The Balaban J connectivity index is 2.03. The average molecular weight is 272 g/mol.